The number of aliphatic hydroxyl groups is 1. The van der Waals surface area contributed by atoms with E-state index in [1.165, 1.54) is 0 Å². The molecule has 0 spiro atoms. The van der Waals surface area contributed by atoms with Gasteiger partial charge in [0.2, 0.25) is 0 Å². The van der Waals surface area contributed by atoms with Crippen molar-refractivity contribution in [3.8, 4) is 0 Å². The fourth-order valence-corrected chi connectivity index (χ4v) is 1.47. The Morgan fingerprint density at radius 3 is 2.86 bits per heavy atom. The topological polar surface area (TPSA) is 38.0 Å². The van der Waals surface area contributed by atoms with E-state index in [0.717, 1.165) is 31.5 Å². The lowest BCUT2D eigenvalue weighted by Gasteiger charge is -2.08. The summed E-state index contributed by atoms with van der Waals surface area (Å²) < 4.78 is 1.88. The van der Waals surface area contributed by atoms with Crippen LogP contribution in [0.4, 0.5) is 0 Å². The monoisotopic (exact) mass is 216 g/mol. The maximum atomic E-state index is 9.35. The average molecular weight is 217 g/mol. The van der Waals surface area contributed by atoms with Gasteiger partial charge in [-0.05, 0) is 26.2 Å². The molecule has 1 atom stereocenters. The number of halogens is 1. The molecule has 0 radical (unpaired) electrons. The number of rotatable bonds is 5. The lowest BCUT2D eigenvalue weighted by atomic mass is 10.1. The van der Waals surface area contributed by atoms with Gasteiger partial charge in [-0.3, -0.25) is 4.68 Å². The van der Waals surface area contributed by atoms with Crippen molar-refractivity contribution in [2.24, 2.45) is 0 Å². The van der Waals surface area contributed by atoms with Crippen LogP contribution >= 0.6 is 11.6 Å². The Morgan fingerprint density at radius 1 is 1.64 bits per heavy atom. The van der Waals surface area contributed by atoms with Crippen LogP contribution in [0.3, 0.4) is 0 Å². The number of hydrogen-bond donors (Lipinski definition) is 1. The van der Waals surface area contributed by atoms with E-state index in [4.69, 9.17) is 11.6 Å². The van der Waals surface area contributed by atoms with Crippen LogP contribution < -0.4 is 0 Å². The molecular weight excluding hydrogens is 200 g/mol. The van der Waals surface area contributed by atoms with Crippen molar-refractivity contribution >= 4 is 11.6 Å². The molecule has 1 N–H and O–H groups in total. The molecule has 1 aromatic rings. The predicted octanol–water partition coefficient (Wildman–Crippen LogP) is 2.40. The molecule has 4 heteroatoms. The van der Waals surface area contributed by atoms with Crippen molar-refractivity contribution in [3.63, 3.8) is 0 Å². The first-order valence-corrected chi connectivity index (χ1v) is 5.39. The molecule has 0 saturated heterocycles. The molecule has 3 nitrogen and oxygen atoms in total. The Balaban J connectivity index is 2.35. The van der Waals surface area contributed by atoms with E-state index < -0.39 is 0 Å². The second kappa shape index (κ2) is 5.37. The SMILES string of the molecule is CCC(O)CCCn1ncc(Cl)c1C. The van der Waals surface area contributed by atoms with Crippen LogP contribution in [0, 0.1) is 6.92 Å². The van der Waals surface area contributed by atoms with Gasteiger partial charge in [-0.1, -0.05) is 18.5 Å². The molecule has 80 valence electrons. The molecule has 0 aliphatic heterocycles. The minimum atomic E-state index is -0.179. The molecule has 0 fully saturated rings. The van der Waals surface area contributed by atoms with Gasteiger partial charge in [-0.15, -0.1) is 0 Å². The van der Waals surface area contributed by atoms with Gasteiger partial charge in [0.25, 0.3) is 0 Å². The van der Waals surface area contributed by atoms with Crippen molar-refractivity contribution in [3.05, 3.63) is 16.9 Å². The largest absolute Gasteiger partial charge is 0.393 e. The molecule has 0 saturated carbocycles. The third-order valence-corrected chi connectivity index (χ3v) is 2.79. The molecule has 0 bridgehead atoms. The van der Waals surface area contributed by atoms with Gasteiger partial charge in [0.05, 0.1) is 23.0 Å². The van der Waals surface area contributed by atoms with E-state index in [1.807, 2.05) is 18.5 Å². The third kappa shape index (κ3) is 3.00. The quantitative estimate of drug-likeness (QED) is 0.821. The zero-order chi connectivity index (χ0) is 10.6. The first-order chi connectivity index (χ1) is 6.65. The number of nitrogens with zero attached hydrogens (tertiary/aromatic N) is 2. The summed E-state index contributed by atoms with van der Waals surface area (Å²) in [6.45, 7) is 4.77. The van der Waals surface area contributed by atoms with Gasteiger partial charge in [0.15, 0.2) is 0 Å². The van der Waals surface area contributed by atoms with Gasteiger partial charge in [-0.2, -0.15) is 5.10 Å². The van der Waals surface area contributed by atoms with E-state index >= 15 is 0 Å². The summed E-state index contributed by atoms with van der Waals surface area (Å²) in [7, 11) is 0. The summed E-state index contributed by atoms with van der Waals surface area (Å²) in [5.41, 5.74) is 0.998. The number of aryl methyl sites for hydroxylation is 1. The van der Waals surface area contributed by atoms with Gasteiger partial charge in [-0.25, -0.2) is 0 Å². The smallest absolute Gasteiger partial charge is 0.0814 e. The maximum absolute atomic E-state index is 9.35. The van der Waals surface area contributed by atoms with Crippen LogP contribution in [-0.4, -0.2) is 21.0 Å². The van der Waals surface area contributed by atoms with E-state index in [-0.39, 0.29) is 6.10 Å². The molecule has 0 amide bonds. The summed E-state index contributed by atoms with van der Waals surface area (Å²) >= 11 is 5.87. The molecule has 1 rings (SSSR count). The van der Waals surface area contributed by atoms with Crippen molar-refractivity contribution < 1.29 is 5.11 Å². The van der Waals surface area contributed by atoms with Crippen LogP contribution in [0.2, 0.25) is 5.02 Å². The summed E-state index contributed by atoms with van der Waals surface area (Å²) in [6, 6.07) is 0. The van der Waals surface area contributed by atoms with E-state index in [9.17, 15) is 5.11 Å². The van der Waals surface area contributed by atoms with Crippen LogP contribution in [0.5, 0.6) is 0 Å². The highest BCUT2D eigenvalue weighted by molar-refractivity contribution is 6.31. The Bertz CT molecular complexity index is 286. The minimum Gasteiger partial charge on any atom is -0.393 e. The first kappa shape index (κ1) is 11.5. The minimum absolute atomic E-state index is 0.179. The maximum Gasteiger partial charge on any atom is 0.0814 e. The van der Waals surface area contributed by atoms with Crippen molar-refractivity contribution in [1.82, 2.24) is 9.78 Å². The predicted molar refractivity (Wildman–Crippen MR) is 57.5 cm³/mol. The Hall–Kier alpha value is -0.540. The van der Waals surface area contributed by atoms with Gasteiger partial charge >= 0.3 is 0 Å². The zero-order valence-electron chi connectivity index (χ0n) is 8.70. The van der Waals surface area contributed by atoms with Gasteiger partial charge in [0, 0.05) is 6.54 Å². The molecule has 0 aromatic carbocycles. The molecule has 0 aliphatic carbocycles. The summed E-state index contributed by atoms with van der Waals surface area (Å²) in [6.07, 6.45) is 4.06. The highest BCUT2D eigenvalue weighted by Gasteiger charge is 2.04. The average Bonchev–Trinajstić information content (AvgIpc) is 2.49. The first-order valence-electron chi connectivity index (χ1n) is 5.01. The van der Waals surface area contributed by atoms with E-state index in [2.05, 4.69) is 5.10 Å². The third-order valence-electron chi connectivity index (χ3n) is 2.42. The Labute approximate surface area is 89.7 Å². The second-order valence-electron chi connectivity index (χ2n) is 3.51. The van der Waals surface area contributed by atoms with Crippen molar-refractivity contribution in [1.29, 1.82) is 0 Å². The highest BCUT2D eigenvalue weighted by Crippen LogP contribution is 2.14. The summed E-state index contributed by atoms with van der Waals surface area (Å²) in [4.78, 5) is 0. The van der Waals surface area contributed by atoms with Crippen LogP contribution in [0.25, 0.3) is 0 Å². The van der Waals surface area contributed by atoms with E-state index in [1.54, 1.807) is 6.20 Å². The Kier molecular flexibility index (Phi) is 4.42. The molecule has 14 heavy (non-hydrogen) atoms. The van der Waals surface area contributed by atoms with Crippen molar-refractivity contribution in [2.75, 3.05) is 0 Å². The van der Waals surface area contributed by atoms with Crippen LogP contribution in [0.15, 0.2) is 6.20 Å². The Morgan fingerprint density at radius 2 is 2.36 bits per heavy atom. The molecule has 1 unspecified atom stereocenters. The van der Waals surface area contributed by atoms with Gasteiger partial charge < -0.3 is 5.11 Å². The number of aromatic nitrogens is 2. The molecule has 1 aromatic heterocycles. The van der Waals surface area contributed by atoms with E-state index in [0.29, 0.717) is 5.02 Å². The highest BCUT2D eigenvalue weighted by atomic mass is 35.5. The molecule has 1 heterocycles. The van der Waals surface area contributed by atoms with Gasteiger partial charge in [0.1, 0.15) is 0 Å². The fraction of sp³-hybridized carbons (Fsp3) is 0.700. The normalized spacial score (nSPS) is 13.1. The van der Waals surface area contributed by atoms with Crippen molar-refractivity contribution in [2.45, 2.75) is 45.8 Å². The lowest BCUT2D eigenvalue weighted by Crippen LogP contribution is -2.08. The number of hydrogen-bond acceptors (Lipinski definition) is 2. The van der Waals surface area contributed by atoms with Crippen LogP contribution in [0.1, 0.15) is 31.9 Å². The standard InChI is InChI=1S/C10H17ClN2O/c1-3-9(14)5-4-6-13-8(2)10(11)7-12-13/h7,9,14H,3-6H2,1-2H3. The second-order valence-corrected chi connectivity index (χ2v) is 3.91. The number of aliphatic hydroxyl groups excluding tert-OH is 1. The van der Waals surface area contributed by atoms with Crippen LogP contribution in [-0.2, 0) is 6.54 Å². The molecule has 0 aliphatic rings. The summed E-state index contributed by atoms with van der Waals surface area (Å²) in [5, 5.41) is 14.2. The fourth-order valence-electron chi connectivity index (χ4n) is 1.33. The molecular formula is C10H17ClN2O. The lowest BCUT2D eigenvalue weighted by molar-refractivity contribution is 0.155. The summed E-state index contributed by atoms with van der Waals surface area (Å²) in [5.74, 6) is 0. The zero-order valence-corrected chi connectivity index (χ0v) is 9.46.